The van der Waals surface area contributed by atoms with Gasteiger partial charge in [0, 0.05) is 17.1 Å². The topological polar surface area (TPSA) is 114 Å². The second-order valence-corrected chi connectivity index (χ2v) is 6.59. The fraction of sp³-hybridized carbons (Fsp3) is 0.375. The summed E-state index contributed by atoms with van der Waals surface area (Å²) in [5.74, 6) is 0.577. The number of halogens is 1. The highest BCUT2D eigenvalue weighted by molar-refractivity contribution is 9.10. The number of nitrogens with one attached hydrogen (secondary N) is 1. The van der Waals surface area contributed by atoms with Gasteiger partial charge in [-0.05, 0) is 24.3 Å². The monoisotopic (exact) mass is 412 g/mol. The molecule has 3 rings (SSSR count). The second-order valence-electron chi connectivity index (χ2n) is 5.68. The second kappa shape index (κ2) is 7.52. The Hall–Kier alpha value is -1.94. The molecule has 1 aliphatic rings. The van der Waals surface area contributed by atoms with Gasteiger partial charge in [-0.3, -0.25) is 14.3 Å². The predicted octanol–water partition coefficient (Wildman–Crippen LogP) is 0.519. The van der Waals surface area contributed by atoms with Gasteiger partial charge in [0.05, 0.1) is 18.3 Å². The summed E-state index contributed by atoms with van der Waals surface area (Å²) in [5.41, 5.74) is -0.947. The largest absolute Gasteiger partial charge is 0.489 e. The van der Waals surface area contributed by atoms with Gasteiger partial charge >= 0.3 is 5.69 Å². The molecule has 1 aromatic carbocycles. The van der Waals surface area contributed by atoms with Crippen LogP contribution < -0.4 is 16.0 Å². The normalized spacial score (nSPS) is 22.9. The van der Waals surface area contributed by atoms with E-state index in [0.29, 0.717) is 5.75 Å². The van der Waals surface area contributed by atoms with Crippen LogP contribution in [0.25, 0.3) is 0 Å². The zero-order valence-electron chi connectivity index (χ0n) is 13.1. The van der Waals surface area contributed by atoms with Crippen molar-refractivity contribution in [1.82, 2.24) is 9.55 Å². The molecule has 2 heterocycles. The smallest absolute Gasteiger partial charge is 0.330 e. The number of aromatic amines is 1. The number of ether oxygens (including phenoxy) is 2. The third-order valence-electron chi connectivity index (χ3n) is 3.94. The maximum absolute atomic E-state index is 12.0. The molecule has 0 spiro atoms. The number of nitrogens with zero attached hydrogens (tertiary/aromatic N) is 1. The molecule has 25 heavy (non-hydrogen) atoms. The predicted molar refractivity (Wildman–Crippen MR) is 91.4 cm³/mol. The molecule has 0 radical (unpaired) electrons. The lowest BCUT2D eigenvalue weighted by molar-refractivity contribution is -0.0460. The summed E-state index contributed by atoms with van der Waals surface area (Å²) >= 11 is 3.32. The van der Waals surface area contributed by atoms with Gasteiger partial charge in [0.25, 0.3) is 5.56 Å². The molecule has 8 nitrogen and oxygen atoms in total. The lowest BCUT2D eigenvalue weighted by atomic mass is 10.2. The van der Waals surface area contributed by atoms with E-state index in [-0.39, 0.29) is 25.2 Å². The molecule has 1 aromatic heterocycles. The molecule has 0 bridgehead atoms. The molecule has 134 valence electrons. The first kappa shape index (κ1) is 17.9. The van der Waals surface area contributed by atoms with Crippen LogP contribution in [0.4, 0.5) is 0 Å². The quantitative estimate of drug-likeness (QED) is 0.659. The third-order valence-corrected chi connectivity index (χ3v) is 4.47. The van der Waals surface area contributed by atoms with Crippen molar-refractivity contribution < 1.29 is 19.7 Å². The Morgan fingerprint density at radius 2 is 2.04 bits per heavy atom. The van der Waals surface area contributed by atoms with Crippen LogP contribution in [-0.2, 0) is 11.3 Å². The average molecular weight is 413 g/mol. The van der Waals surface area contributed by atoms with Crippen LogP contribution in [0.15, 0.2) is 44.5 Å². The molecule has 0 amide bonds. The lowest BCUT2D eigenvalue weighted by Gasteiger charge is -2.15. The summed E-state index contributed by atoms with van der Waals surface area (Å²) in [6.07, 6.45) is -0.896. The Balaban J connectivity index is 1.80. The van der Waals surface area contributed by atoms with Crippen LogP contribution in [-0.4, -0.2) is 38.6 Å². The molecule has 0 unspecified atom stereocenters. The van der Waals surface area contributed by atoms with E-state index >= 15 is 0 Å². The van der Waals surface area contributed by atoms with Gasteiger partial charge in [-0.25, -0.2) is 4.79 Å². The van der Waals surface area contributed by atoms with Gasteiger partial charge in [-0.15, -0.1) is 0 Å². The third kappa shape index (κ3) is 4.01. The van der Waals surface area contributed by atoms with Crippen molar-refractivity contribution in [3.8, 4) is 5.75 Å². The van der Waals surface area contributed by atoms with Crippen molar-refractivity contribution in [2.24, 2.45) is 0 Å². The van der Waals surface area contributed by atoms with E-state index in [1.807, 2.05) is 12.1 Å². The summed E-state index contributed by atoms with van der Waals surface area (Å²) in [6, 6.07) is 7.11. The van der Waals surface area contributed by atoms with E-state index in [9.17, 15) is 14.7 Å². The molecule has 3 N–H and O–H groups in total. The number of hydrogen-bond acceptors (Lipinski definition) is 6. The molecule has 2 aromatic rings. The molecule has 0 saturated carbocycles. The first-order chi connectivity index (χ1) is 12.0. The zero-order valence-corrected chi connectivity index (χ0v) is 14.7. The molecule has 1 aliphatic heterocycles. The Morgan fingerprint density at radius 3 is 2.68 bits per heavy atom. The van der Waals surface area contributed by atoms with Crippen molar-refractivity contribution in [2.75, 3.05) is 6.61 Å². The van der Waals surface area contributed by atoms with Crippen molar-refractivity contribution in [2.45, 2.75) is 31.5 Å². The van der Waals surface area contributed by atoms with E-state index in [2.05, 4.69) is 20.9 Å². The summed E-state index contributed by atoms with van der Waals surface area (Å²) in [7, 11) is 0. The highest BCUT2D eigenvalue weighted by atomic mass is 79.9. The van der Waals surface area contributed by atoms with Gasteiger partial charge in [-0.2, -0.15) is 0 Å². The summed E-state index contributed by atoms with van der Waals surface area (Å²) in [5, 5.41) is 19.0. The number of aliphatic hydroxyl groups is 2. The van der Waals surface area contributed by atoms with Crippen molar-refractivity contribution in [3.05, 3.63) is 61.3 Å². The number of H-pyrrole nitrogens is 1. The highest BCUT2D eigenvalue weighted by Crippen LogP contribution is 2.27. The van der Waals surface area contributed by atoms with E-state index in [0.717, 1.165) is 4.47 Å². The Labute approximate surface area is 150 Å². The SMILES string of the molecule is O=c1[nH]c(=O)n([C@H]2C[C@H](O)[C@@H](CO)O2)cc1COc1ccc(Br)cc1. The van der Waals surface area contributed by atoms with E-state index < -0.39 is 29.7 Å². The van der Waals surface area contributed by atoms with Gasteiger partial charge in [0.15, 0.2) is 0 Å². The van der Waals surface area contributed by atoms with Crippen molar-refractivity contribution in [3.63, 3.8) is 0 Å². The molecular formula is C16H17BrN2O6. The van der Waals surface area contributed by atoms with E-state index in [4.69, 9.17) is 14.6 Å². The maximum atomic E-state index is 12.0. The van der Waals surface area contributed by atoms with Crippen LogP contribution in [0.5, 0.6) is 5.75 Å². The van der Waals surface area contributed by atoms with Crippen LogP contribution in [0.2, 0.25) is 0 Å². The summed E-state index contributed by atoms with van der Waals surface area (Å²) in [6.45, 7) is -0.384. The van der Waals surface area contributed by atoms with Crippen molar-refractivity contribution in [1.29, 1.82) is 0 Å². The number of benzene rings is 1. The average Bonchev–Trinajstić information content (AvgIpc) is 2.96. The number of aliphatic hydroxyl groups excluding tert-OH is 2. The minimum atomic E-state index is -0.878. The lowest BCUT2D eigenvalue weighted by Crippen LogP contribution is -2.34. The fourth-order valence-electron chi connectivity index (χ4n) is 2.59. The maximum Gasteiger partial charge on any atom is 0.330 e. The molecule has 1 fully saturated rings. The van der Waals surface area contributed by atoms with Crippen LogP contribution >= 0.6 is 15.9 Å². The van der Waals surface area contributed by atoms with Crippen LogP contribution in [0, 0.1) is 0 Å². The Morgan fingerprint density at radius 1 is 1.32 bits per heavy atom. The van der Waals surface area contributed by atoms with Crippen molar-refractivity contribution >= 4 is 15.9 Å². The molecule has 3 atom stereocenters. The van der Waals surface area contributed by atoms with E-state index in [1.165, 1.54) is 10.8 Å². The molecule has 9 heteroatoms. The molecular weight excluding hydrogens is 396 g/mol. The summed E-state index contributed by atoms with van der Waals surface area (Å²) < 4.78 is 13.1. The van der Waals surface area contributed by atoms with Gasteiger partial charge < -0.3 is 19.7 Å². The summed E-state index contributed by atoms with van der Waals surface area (Å²) in [4.78, 5) is 26.2. The molecule has 0 aliphatic carbocycles. The van der Waals surface area contributed by atoms with Gasteiger partial charge in [0.1, 0.15) is 24.7 Å². The number of hydrogen-bond donors (Lipinski definition) is 3. The van der Waals surface area contributed by atoms with Crippen LogP contribution in [0.1, 0.15) is 18.2 Å². The van der Waals surface area contributed by atoms with Gasteiger partial charge in [0.2, 0.25) is 0 Å². The molecule has 1 saturated heterocycles. The number of rotatable bonds is 5. The minimum absolute atomic E-state index is 0.0318. The number of aromatic nitrogens is 2. The first-order valence-electron chi connectivity index (χ1n) is 7.65. The fourth-order valence-corrected chi connectivity index (χ4v) is 2.85. The minimum Gasteiger partial charge on any atom is -0.489 e. The standard InChI is InChI=1S/C16H17BrN2O6/c17-10-1-3-11(4-2-10)24-8-9-6-19(16(23)18-15(9)22)14-5-12(21)13(7-20)25-14/h1-4,6,12-14,20-21H,5,7-8H2,(H,18,22,23)/t12-,13+,14+/m0/s1. The van der Waals surface area contributed by atoms with Gasteiger partial charge in [-0.1, -0.05) is 15.9 Å². The highest BCUT2D eigenvalue weighted by Gasteiger charge is 2.35. The zero-order chi connectivity index (χ0) is 18.0. The van der Waals surface area contributed by atoms with E-state index in [1.54, 1.807) is 12.1 Å². The first-order valence-corrected chi connectivity index (χ1v) is 8.44. The van der Waals surface area contributed by atoms with Crippen LogP contribution in [0.3, 0.4) is 0 Å². The Kier molecular flexibility index (Phi) is 5.38. The Bertz CT molecular complexity index is 847.